The van der Waals surface area contributed by atoms with Gasteiger partial charge in [-0.3, -0.25) is 9.59 Å². The molecule has 0 aromatic heterocycles. The number of hydroxylamine groups is 2. The van der Waals surface area contributed by atoms with Crippen molar-refractivity contribution in [3.05, 3.63) is 12.7 Å². The molecule has 6 heteroatoms. The lowest BCUT2D eigenvalue weighted by molar-refractivity contribution is -0.236. The van der Waals surface area contributed by atoms with E-state index in [4.69, 9.17) is 9.26 Å². The zero-order valence-corrected chi connectivity index (χ0v) is 15.1. The van der Waals surface area contributed by atoms with Gasteiger partial charge in [-0.2, -0.15) is 5.06 Å². The Hall–Kier alpha value is -1.14. The number of β-lactam (4-membered cyclic amide) rings is 1. The van der Waals surface area contributed by atoms with Gasteiger partial charge in [0.2, 0.25) is 0 Å². The smallest absolute Gasteiger partial charge is 0.329 e. The number of amides is 1. The average Bonchev–Trinajstić information content (AvgIpc) is 2.29. The van der Waals surface area contributed by atoms with Gasteiger partial charge in [0.25, 0.3) is 5.91 Å². The molecule has 0 aliphatic carbocycles. The number of hydrogen-bond acceptors (Lipinski definition) is 4. The van der Waals surface area contributed by atoms with Gasteiger partial charge in [-0.15, -0.1) is 6.58 Å². The second kappa shape index (κ2) is 5.92. The van der Waals surface area contributed by atoms with Crippen LogP contribution in [0.3, 0.4) is 0 Å². The number of nitrogens with zero attached hydrogens (tertiary/aromatic N) is 1. The molecule has 1 aliphatic heterocycles. The van der Waals surface area contributed by atoms with Gasteiger partial charge < -0.3 is 9.26 Å². The molecule has 1 aliphatic rings. The summed E-state index contributed by atoms with van der Waals surface area (Å²) >= 11 is 0. The average molecular weight is 313 g/mol. The lowest BCUT2D eigenvalue weighted by atomic mass is 9.85. The number of carbonyl (C=O) groups excluding carboxylic acids is 2. The van der Waals surface area contributed by atoms with Crippen LogP contribution in [0.4, 0.5) is 0 Å². The molecule has 0 unspecified atom stereocenters. The number of hydrogen-bond donors (Lipinski definition) is 0. The van der Waals surface area contributed by atoms with Crippen LogP contribution in [-0.2, 0) is 18.9 Å². The maximum absolute atomic E-state index is 12.2. The highest BCUT2D eigenvalue weighted by atomic mass is 28.4. The fourth-order valence-electron chi connectivity index (χ4n) is 2.18. The van der Waals surface area contributed by atoms with Crippen molar-refractivity contribution < 1.29 is 18.9 Å². The predicted molar refractivity (Wildman–Crippen MR) is 83.8 cm³/mol. The van der Waals surface area contributed by atoms with Crippen molar-refractivity contribution in [2.75, 3.05) is 0 Å². The largest absolute Gasteiger partial charge is 0.413 e. The van der Waals surface area contributed by atoms with E-state index in [-0.39, 0.29) is 29.0 Å². The van der Waals surface area contributed by atoms with Crippen LogP contribution in [0.1, 0.15) is 34.6 Å². The van der Waals surface area contributed by atoms with E-state index in [1.165, 1.54) is 6.92 Å². The third kappa shape index (κ3) is 3.55. The van der Waals surface area contributed by atoms with Gasteiger partial charge in [-0.05, 0) is 25.1 Å². The molecule has 1 rings (SSSR count). The standard InChI is InChI=1S/C15H27NO4Si/c1-9-12-13(14(18)16(12)19-11(3)17)10(2)20-21(7,8)15(4,5)6/h9-10,12-13H,1H2,2-8H3/t10-,12-,13-/m1/s1. The molecule has 0 bridgehead atoms. The van der Waals surface area contributed by atoms with Gasteiger partial charge >= 0.3 is 5.97 Å². The molecule has 0 radical (unpaired) electrons. The van der Waals surface area contributed by atoms with E-state index < -0.39 is 14.3 Å². The van der Waals surface area contributed by atoms with E-state index in [0.717, 1.165) is 5.06 Å². The van der Waals surface area contributed by atoms with Crippen molar-refractivity contribution in [3.8, 4) is 0 Å². The second-order valence-corrected chi connectivity index (χ2v) is 11.8. The maximum atomic E-state index is 12.2. The van der Waals surface area contributed by atoms with Gasteiger partial charge in [0.05, 0.1) is 12.0 Å². The topological polar surface area (TPSA) is 55.8 Å². The summed E-state index contributed by atoms with van der Waals surface area (Å²) in [5.74, 6) is -1.07. The van der Waals surface area contributed by atoms with Gasteiger partial charge in [0.1, 0.15) is 6.04 Å². The van der Waals surface area contributed by atoms with E-state index in [2.05, 4.69) is 40.4 Å². The predicted octanol–water partition coefficient (Wildman–Crippen LogP) is 2.89. The lowest BCUT2D eigenvalue weighted by Crippen LogP contribution is -2.64. The highest BCUT2D eigenvalue weighted by molar-refractivity contribution is 6.74. The Kier molecular flexibility index (Phi) is 5.05. The molecule has 1 fully saturated rings. The Labute approximate surface area is 128 Å². The van der Waals surface area contributed by atoms with Gasteiger partial charge in [-0.1, -0.05) is 26.8 Å². The first kappa shape index (κ1) is 17.9. The summed E-state index contributed by atoms with van der Waals surface area (Å²) in [5, 5.41) is 1.17. The summed E-state index contributed by atoms with van der Waals surface area (Å²) in [7, 11) is -1.95. The minimum absolute atomic E-state index is 0.0767. The highest BCUT2D eigenvalue weighted by Gasteiger charge is 2.53. The molecule has 1 heterocycles. The van der Waals surface area contributed by atoms with Crippen LogP contribution >= 0.6 is 0 Å². The highest BCUT2D eigenvalue weighted by Crippen LogP contribution is 2.40. The molecule has 1 saturated heterocycles. The summed E-state index contributed by atoms with van der Waals surface area (Å²) in [6.45, 7) is 17.7. The molecule has 5 nitrogen and oxygen atoms in total. The number of rotatable bonds is 5. The SMILES string of the molecule is C=C[C@@H]1[C@@H]([C@@H](C)O[Si](C)(C)C(C)(C)C)C(=O)N1OC(C)=O. The fourth-order valence-corrected chi connectivity index (χ4v) is 3.61. The third-order valence-corrected chi connectivity index (χ3v) is 8.98. The van der Waals surface area contributed by atoms with Crippen molar-refractivity contribution in [3.63, 3.8) is 0 Å². The van der Waals surface area contributed by atoms with Crippen LogP contribution in [0, 0.1) is 5.92 Å². The third-order valence-electron chi connectivity index (χ3n) is 4.40. The first-order valence-corrected chi connectivity index (χ1v) is 10.1. The van der Waals surface area contributed by atoms with Crippen molar-refractivity contribution in [2.45, 2.75) is 64.9 Å². The molecule has 21 heavy (non-hydrogen) atoms. The summed E-state index contributed by atoms with van der Waals surface area (Å²) in [6.07, 6.45) is 1.40. The van der Waals surface area contributed by atoms with Crippen molar-refractivity contribution in [1.82, 2.24) is 5.06 Å². The zero-order valence-electron chi connectivity index (χ0n) is 14.1. The zero-order chi connectivity index (χ0) is 16.6. The molecule has 0 spiro atoms. The molecule has 3 atom stereocenters. The van der Waals surface area contributed by atoms with E-state index in [9.17, 15) is 9.59 Å². The molecule has 0 N–H and O–H groups in total. The lowest BCUT2D eigenvalue weighted by Gasteiger charge is -2.48. The maximum Gasteiger partial charge on any atom is 0.329 e. The second-order valence-electron chi connectivity index (χ2n) is 7.08. The van der Waals surface area contributed by atoms with Gasteiger partial charge in [0, 0.05) is 6.92 Å². The number of carbonyl (C=O) groups is 2. The Morgan fingerprint density at radius 2 is 1.95 bits per heavy atom. The Balaban J connectivity index is 2.80. The van der Waals surface area contributed by atoms with Crippen molar-refractivity contribution in [2.24, 2.45) is 5.92 Å². The normalized spacial score (nSPS) is 24.3. The quantitative estimate of drug-likeness (QED) is 0.445. The first-order chi connectivity index (χ1) is 9.42. The van der Waals surface area contributed by atoms with E-state index >= 15 is 0 Å². The van der Waals surface area contributed by atoms with Crippen LogP contribution in [0.25, 0.3) is 0 Å². The summed E-state index contributed by atoms with van der Waals surface area (Å²) in [6, 6.07) is -0.318. The molecule has 1 amide bonds. The van der Waals surface area contributed by atoms with Crippen LogP contribution < -0.4 is 0 Å². The van der Waals surface area contributed by atoms with Crippen molar-refractivity contribution in [1.29, 1.82) is 0 Å². The van der Waals surface area contributed by atoms with E-state index in [1.54, 1.807) is 6.08 Å². The monoisotopic (exact) mass is 313 g/mol. The Bertz CT molecular complexity index is 441. The summed E-state index contributed by atoms with van der Waals surface area (Å²) in [4.78, 5) is 28.1. The molecule has 0 saturated carbocycles. The molecular weight excluding hydrogens is 286 g/mol. The van der Waals surface area contributed by atoms with Crippen LogP contribution in [0.2, 0.25) is 18.1 Å². The van der Waals surface area contributed by atoms with Crippen LogP contribution in [0.15, 0.2) is 12.7 Å². The molecule has 0 aromatic carbocycles. The minimum Gasteiger partial charge on any atom is -0.413 e. The van der Waals surface area contributed by atoms with Crippen LogP contribution in [-0.4, -0.2) is 37.4 Å². The molecule has 120 valence electrons. The summed E-state index contributed by atoms with van der Waals surface area (Å²) in [5.41, 5.74) is 0. The Morgan fingerprint density at radius 3 is 2.33 bits per heavy atom. The van der Waals surface area contributed by atoms with Gasteiger partial charge in [-0.25, -0.2) is 0 Å². The van der Waals surface area contributed by atoms with Crippen LogP contribution in [0.5, 0.6) is 0 Å². The minimum atomic E-state index is -1.95. The Morgan fingerprint density at radius 1 is 1.43 bits per heavy atom. The van der Waals surface area contributed by atoms with Crippen molar-refractivity contribution >= 4 is 20.2 Å². The molecular formula is C15H27NO4Si. The first-order valence-electron chi connectivity index (χ1n) is 7.24. The fraction of sp³-hybridized carbons (Fsp3) is 0.733. The van der Waals surface area contributed by atoms with E-state index in [0.29, 0.717) is 0 Å². The van der Waals surface area contributed by atoms with Gasteiger partial charge in [0.15, 0.2) is 8.32 Å². The summed E-state index contributed by atoms with van der Waals surface area (Å²) < 4.78 is 6.27. The van der Waals surface area contributed by atoms with E-state index in [1.807, 2.05) is 6.92 Å². The molecule has 0 aromatic rings.